The molecule has 2 atom stereocenters. The van der Waals surface area contributed by atoms with Gasteiger partial charge >= 0.3 is 0 Å². The van der Waals surface area contributed by atoms with Crippen LogP contribution in [0.2, 0.25) is 0 Å². The van der Waals surface area contributed by atoms with Gasteiger partial charge in [-0.2, -0.15) is 0 Å². The van der Waals surface area contributed by atoms with E-state index in [0.29, 0.717) is 13.0 Å². The standard InChI is InChI=1S/C30H30N4O/c1-21(22-10-4-3-5-11-22)34-29(35)30(2,16-24-19-32-28-15-9-8-14-27(24)28)33-20-25-18-31-17-23-12-6-7-13-26(23)25/h3-15,17-19,21,32-33H,16,20H2,1-2H3,(H,34,35). The Balaban J connectivity index is 1.44. The van der Waals surface area contributed by atoms with Crippen molar-refractivity contribution in [3.8, 4) is 0 Å². The minimum atomic E-state index is -0.842. The van der Waals surface area contributed by atoms with E-state index in [-0.39, 0.29) is 11.9 Å². The molecule has 0 aliphatic carbocycles. The molecule has 176 valence electrons. The van der Waals surface area contributed by atoms with Crippen molar-refractivity contribution in [2.24, 2.45) is 0 Å². The van der Waals surface area contributed by atoms with Gasteiger partial charge < -0.3 is 10.3 Å². The number of amides is 1. The molecule has 5 heteroatoms. The second-order valence-corrected chi connectivity index (χ2v) is 9.35. The number of nitrogens with one attached hydrogen (secondary N) is 3. The highest BCUT2D eigenvalue weighted by molar-refractivity contribution is 5.89. The molecular formula is C30H30N4O. The van der Waals surface area contributed by atoms with Gasteiger partial charge in [0.05, 0.1) is 11.6 Å². The molecule has 5 rings (SSSR count). The van der Waals surface area contributed by atoms with E-state index in [1.54, 1.807) is 0 Å². The maximum absolute atomic E-state index is 13.8. The predicted octanol–water partition coefficient (Wildman–Crippen LogP) is 5.68. The summed E-state index contributed by atoms with van der Waals surface area (Å²) in [5.41, 5.74) is 3.48. The second kappa shape index (κ2) is 9.72. The molecule has 0 saturated carbocycles. The van der Waals surface area contributed by atoms with E-state index in [1.807, 2.05) is 87.0 Å². The molecular weight excluding hydrogens is 432 g/mol. The first-order valence-corrected chi connectivity index (χ1v) is 12.0. The first-order chi connectivity index (χ1) is 17.0. The summed E-state index contributed by atoms with van der Waals surface area (Å²) in [6.45, 7) is 4.54. The van der Waals surface area contributed by atoms with Crippen LogP contribution in [-0.4, -0.2) is 21.4 Å². The molecule has 2 aromatic heterocycles. The molecule has 0 spiro atoms. The number of benzene rings is 3. The van der Waals surface area contributed by atoms with Gasteiger partial charge in [-0.05, 0) is 42.0 Å². The molecule has 3 aromatic carbocycles. The Bertz CT molecular complexity index is 1450. The third-order valence-electron chi connectivity index (χ3n) is 6.79. The lowest BCUT2D eigenvalue weighted by atomic mass is 9.90. The Morgan fingerprint density at radius 1 is 0.914 bits per heavy atom. The van der Waals surface area contributed by atoms with Crippen molar-refractivity contribution in [2.45, 2.75) is 38.4 Å². The van der Waals surface area contributed by atoms with Crippen LogP contribution in [0.15, 0.2) is 97.5 Å². The van der Waals surface area contributed by atoms with Crippen molar-refractivity contribution >= 4 is 27.6 Å². The molecule has 0 aliphatic heterocycles. The lowest BCUT2D eigenvalue weighted by Gasteiger charge is -2.31. The molecule has 0 bridgehead atoms. The summed E-state index contributed by atoms with van der Waals surface area (Å²) in [5, 5.41) is 10.2. The largest absolute Gasteiger partial charge is 0.361 e. The van der Waals surface area contributed by atoms with Crippen molar-refractivity contribution in [1.29, 1.82) is 0 Å². The third-order valence-corrected chi connectivity index (χ3v) is 6.79. The lowest BCUT2D eigenvalue weighted by Crippen LogP contribution is -2.56. The van der Waals surface area contributed by atoms with E-state index in [4.69, 9.17) is 0 Å². The Hall–Kier alpha value is -3.96. The summed E-state index contributed by atoms with van der Waals surface area (Å²) >= 11 is 0. The van der Waals surface area contributed by atoms with E-state index in [1.165, 1.54) is 0 Å². The third kappa shape index (κ3) is 4.81. The summed E-state index contributed by atoms with van der Waals surface area (Å²) in [4.78, 5) is 21.6. The zero-order valence-corrected chi connectivity index (χ0v) is 20.1. The number of aromatic amines is 1. The molecule has 5 aromatic rings. The molecule has 0 radical (unpaired) electrons. The molecule has 3 N–H and O–H groups in total. The lowest BCUT2D eigenvalue weighted by molar-refractivity contribution is -0.127. The number of fused-ring (bicyclic) bond motifs is 2. The summed E-state index contributed by atoms with van der Waals surface area (Å²) < 4.78 is 0. The van der Waals surface area contributed by atoms with Crippen LogP contribution in [0.5, 0.6) is 0 Å². The number of carbonyl (C=O) groups is 1. The predicted molar refractivity (Wildman–Crippen MR) is 142 cm³/mol. The van der Waals surface area contributed by atoms with Gasteiger partial charge in [-0.1, -0.05) is 72.8 Å². The molecule has 2 heterocycles. The number of carbonyl (C=O) groups excluding carboxylic acids is 1. The number of rotatable bonds is 8. The highest BCUT2D eigenvalue weighted by Crippen LogP contribution is 2.25. The normalized spacial score (nSPS) is 14.0. The van der Waals surface area contributed by atoms with Crippen LogP contribution in [-0.2, 0) is 17.8 Å². The number of para-hydroxylation sites is 1. The molecule has 0 fully saturated rings. The minimum absolute atomic E-state index is 0.0349. The fourth-order valence-corrected chi connectivity index (χ4v) is 4.67. The quantitative estimate of drug-likeness (QED) is 0.278. The van der Waals surface area contributed by atoms with Crippen molar-refractivity contribution in [2.75, 3.05) is 0 Å². The van der Waals surface area contributed by atoms with Crippen LogP contribution in [0.25, 0.3) is 21.7 Å². The van der Waals surface area contributed by atoms with Gasteiger partial charge in [0.2, 0.25) is 5.91 Å². The minimum Gasteiger partial charge on any atom is -0.361 e. The average molecular weight is 463 g/mol. The van der Waals surface area contributed by atoms with Crippen LogP contribution < -0.4 is 10.6 Å². The maximum atomic E-state index is 13.8. The Labute approximate surface area is 205 Å². The number of hydrogen-bond acceptors (Lipinski definition) is 3. The van der Waals surface area contributed by atoms with Crippen LogP contribution >= 0.6 is 0 Å². The first kappa shape index (κ1) is 22.8. The summed E-state index contributed by atoms with van der Waals surface area (Å²) in [7, 11) is 0. The van der Waals surface area contributed by atoms with Crippen molar-refractivity contribution < 1.29 is 4.79 Å². The van der Waals surface area contributed by atoms with Gasteiger partial charge in [-0.25, -0.2) is 0 Å². The highest BCUT2D eigenvalue weighted by atomic mass is 16.2. The van der Waals surface area contributed by atoms with Gasteiger partial charge in [0, 0.05) is 47.8 Å². The number of pyridine rings is 1. The highest BCUT2D eigenvalue weighted by Gasteiger charge is 2.34. The Morgan fingerprint density at radius 2 is 1.63 bits per heavy atom. The summed E-state index contributed by atoms with van der Waals surface area (Å²) in [6, 6.07) is 26.4. The van der Waals surface area contributed by atoms with Crippen LogP contribution in [0.3, 0.4) is 0 Å². The van der Waals surface area contributed by atoms with Gasteiger partial charge in [-0.3, -0.25) is 15.1 Å². The van der Waals surface area contributed by atoms with Gasteiger partial charge in [0.25, 0.3) is 0 Å². The number of H-pyrrole nitrogens is 1. The number of nitrogens with zero attached hydrogens (tertiary/aromatic N) is 1. The first-order valence-electron chi connectivity index (χ1n) is 12.0. The number of aromatic nitrogens is 2. The zero-order chi connectivity index (χ0) is 24.3. The average Bonchev–Trinajstić information content (AvgIpc) is 3.30. The van der Waals surface area contributed by atoms with Crippen molar-refractivity contribution in [1.82, 2.24) is 20.6 Å². The number of hydrogen-bond donors (Lipinski definition) is 3. The van der Waals surface area contributed by atoms with Crippen LogP contribution in [0.1, 0.15) is 36.6 Å². The van der Waals surface area contributed by atoms with E-state index in [2.05, 4.69) is 44.9 Å². The maximum Gasteiger partial charge on any atom is 0.240 e. The Kier molecular flexibility index (Phi) is 6.34. The zero-order valence-electron chi connectivity index (χ0n) is 20.1. The fraction of sp³-hybridized carbons (Fsp3) is 0.200. The Morgan fingerprint density at radius 3 is 2.46 bits per heavy atom. The van der Waals surface area contributed by atoms with E-state index < -0.39 is 5.54 Å². The summed E-state index contributed by atoms with van der Waals surface area (Å²) in [5.74, 6) is -0.0349. The smallest absolute Gasteiger partial charge is 0.240 e. The molecule has 5 nitrogen and oxygen atoms in total. The van der Waals surface area contributed by atoms with Crippen molar-refractivity contribution in [3.63, 3.8) is 0 Å². The monoisotopic (exact) mass is 462 g/mol. The topological polar surface area (TPSA) is 69.8 Å². The van der Waals surface area contributed by atoms with Gasteiger partial charge in [-0.15, -0.1) is 0 Å². The van der Waals surface area contributed by atoms with Crippen LogP contribution in [0.4, 0.5) is 0 Å². The van der Waals surface area contributed by atoms with E-state index in [0.717, 1.165) is 38.4 Å². The molecule has 2 unspecified atom stereocenters. The van der Waals surface area contributed by atoms with Gasteiger partial charge in [0.15, 0.2) is 0 Å². The van der Waals surface area contributed by atoms with Crippen molar-refractivity contribution in [3.05, 3.63) is 114 Å². The van der Waals surface area contributed by atoms with Gasteiger partial charge in [0.1, 0.15) is 0 Å². The SMILES string of the molecule is CC(NC(=O)C(C)(Cc1c[nH]c2ccccc12)NCc1cncc2ccccc12)c1ccccc1. The molecule has 35 heavy (non-hydrogen) atoms. The molecule has 1 amide bonds. The van der Waals surface area contributed by atoms with Crippen LogP contribution in [0, 0.1) is 0 Å². The molecule has 0 aliphatic rings. The second-order valence-electron chi connectivity index (χ2n) is 9.35. The van der Waals surface area contributed by atoms with E-state index >= 15 is 0 Å². The summed E-state index contributed by atoms with van der Waals surface area (Å²) in [6.07, 6.45) is 6.31. The fourth-order valence-electron chi connectivity index (χ4n) is 4.67. The van der Waals surface area contributed by atoms with E-state index in [9.17, 15) is 4.79 Å². The molecule has 0 saturated heterocycles.